The lowest BCUT2D eigenvalue weighted by atomic mass is 10.2. The van der Waals surface area contributed by atoms with Gasteiger partial charge >= 0.3 is 0 Å². The Kier molecular flexibility index (Phi) is 3.91. The number of hydrogen-bond donors (Lipinski definition) is 3. The van der Waals surface area contributed by atoms with Crippen molar-refractivity contribution >= 4 is 17.3 Å². The number of aromatic nitrogens is 2. The number of rotatable bonds is 4. The quantitative estimate of drug-likeness (QED) is 0.582. The van der Waals surface area contributed by atoms with E-state index in [-0.39, 0.29) is 5.82 Å². The Labute approximate surface area is 111 Å². The van der Waals surface area contributed by atoms with E-state index in [1.807, 2.05) is 13.8 Å². The van der Waals surface area contributed by atoms with Gasteiger partial charge in [-0.1, -0.05) is 19.1 Å². The van der Waals surface area contributed by atoms with Gasteiger partial charge in [-0.3, -0.25) is 0 Å². The number of nitrogen functional groups attached to an aromatic ring is 1. The average Bonchev–Trinajstić information content (AvgIpc) is 2.43. The minimum atomic E-state index is -0.333. The molecule has 19 heavy (non-hydrogen) atoms. The number of halogens is 1. The SMILES string of the molecule is CCc1nc(NN)c(C)c(Nc2ccccc2F)n1. The van der Waals surface area contributed by atoms with E-state index in [0.717, 1.165) is 5.56 Å². The number of benzene rings is 1. The van der Waals surface area contributed by atoms with Gasteiger partial charge in [-0.15, -0.1) is 0 Å². The fraction of sp³-hybridized carbons (Fsp3) is 0.231. The second-order valence-electron chi connectivity index (χ2n) is 4.06. The van der Waals surface area contributed by atoms with Gasteiger partial charge in [0.1, 0.15) is 23.3 Å². The molecule has 0 saturated heterocycles. The maximum atomic E-state index is 13.6. The molecule has 0 radical (unpaired) electrons. The van der Waals surface area contributed by atoms with Gasteiger partial charge in [0.15, 0.2) is 0 Å². The molecule has 4 N–H and O–H groups in total. The first-order valence-corrected chi connectivity index (χ1v) is 6.01. The zero-order valence-electron chi connectivity index (χ0n) is 10.9. The van der Waals surface area contributed by atoms with Crippen LogP contribution in [-0.4, -0.2) is 9.97 Å². The maximum absolute atomic E-state index is 13.6. The largest absolute Gasteiger partial charge is 0.337 e. The van der Waals surface area contributed by atoms with Gasteiger partial charge in [0.2, 0.25) is 0 Å². The molecule has 2 aromatic rings. The van der Waals surface area contributed by atoms with E-state index in [9.17, 15) is 4.39 Å². The Hall–Kier alpha value is -2.21. The molecule has 0 aliphatic carbocycles. The minimum Gasteiger partial charge on any atom is -0.337 e. The zero-order valence-corrected chi connectivity index (χ0v) is 10.9. The van der Waals surface area contributed by atoms with E-state index in [0.29, 0.717) is 29.6 Å². The van der Waals surface area contributed by atoms with Crippen LogP contribution in [0, 0.1) is 12.7 Å². The van der Waals surface area contributed by atoms with E-state index >= 15 is 0 Å². The van der Waals surface area contributed by atoms with Crippen molar-refractivity contribution < 1.29 is 4.39 Å². The fourth-order valence-electron chi connectivity index (χ4n) is 1.67. The number of nitrogens with two attached hydrogens (primary N) is 1. The summed E-state index contributed by atoms with van der Waals surface area (Å²) in [6.45, 7) is 3.76. The van der Waals surface area contributed by atoms with Crippen LogP contribution in [0.2, 0.25) is 0 Å². The number of hydrazine groups is 1. The Bertz CT molecular complexity index is 585. The number of nitrogens with one attached hydrogen (secondary N) is 2. The molecule has 0 saturated carbocycles. The molecule has 2 rings (SSSR count). The summed E-state index contributed by atoms with van der Waals surface area (Å²) in [6, 6.07) is 6.43. The Morgan fingerprint density at radius 2 is 1.89 bits per heavy atom. The Morgan fingerprint density at radius 3 is 2.53 bits per heavy atom. The summed E-state index contributed by atoms with van der Waals surface area (Å²) in [5, 5.41) is 2.97. The summed E-state index contributed by atoms with van der Waals surface area (Å²) in [4.78, 5) is 8.60. The Balaban J connectivity index is 2.42. The van der Waals surface area contributed by atoms with Gasteiger partial charge in [0.05, 0.1) is 5.69 Å². The lowest BCUT2D eigenvalue weighted by molar-refractivity contribution is 0.631. The van der Waals surface area contributed by atoms with Crippen molar-refractivity contribution in [1.29, 1.82) is 0 Å². The molecule has 0 fully saturated rings. The highest BCUT2D eigenvalue weighted by molar-refractivity contribution is 5.64. The van der Waals surface area contributed by atoms with Gasteiger partial charge in [0, 0.05) is 12.0 Å². The topological polar surface area (TPSA) is 75.9 Å². The van der Waals surface area contributed by atoms with Crippen LogP contribution in [0.25, 0.3) is 0 Å². The third kappa shape index (κ3) is 2.79. The summed E-state index contributed by atoms with van der Waals surface area (Å²) < 4.78 is 13.6. The van der Waals surface area contributed by atoms with Crippen molar-refractivity contribution in [2.45, 2.75) is 20.3 Å². The normalized spacial score (nSPS) is 10.3. The molecule has 0 unspecified atom stereocenters. The molecule has 0 spiro atoms. The first-order valence-electron chi connectivity index (χ1n) is 6.01. The van der Waals surface area contributed by atoms with Crippen molar-refractivity contribution in [3.05, 3.63) is 41.5 Å². The predicted molar refractivity (Wildman–Crippen MR) is 73.6 cm³/mol. The first-order chi connectivity index (χ1) is 9.15. The van der Waals surface area contributed by atoms with Crippen LogP contribution >= 0.6 is 0 Å². The monoisotopic (exact) mass is 261 g/mol. The summed E-state index contributed by atoms with van der Waals surface area (Å²) in [5.74, 6) is 6.81. The van der Waals surface area contributed by atoms with E-state index in [4.69, 9.17) is 5.84 Å². The van der Waals surface area contributed by atoms with Crippen LogP contribution in [0.4, 0.5) is 21.7 Å². The van der Waals surface area contributed by atoms with Crippen molar-refractivity contribution in [3.63, 3.8) is 0 Å². The predicted octanol–water partition coefficient (Wildman–Crippen LogP) is 2.52. The summed E-state index contributed by atoms with van der Waals surface area (Å²) >= 11 is 0. The van der Waals surface area contributed by atoms with Crippen LogP contribution in [0.15, 0.2) is 24.3 Å². The first kappa shape index (κ1) is 13.2. The molecule has 0 aliphatic heterocycles. The minimum absolute atomic E-state index is 0.333. The third-order valence-corrected chi connectivity index (χ3v) is 2.77. The summed E-state index contributed by atoms with van der Waals surface area (Å²) in [6.07, 6.45) is 0.668. The number of para-hydroxylation sites is 1. The van der Waals surface area contributed by atoms with Crippen LogP contribution in [0.5, 0.6) is 0 Å². The molecule has 1 heterocycles. The highest BCUT2D eigenvalue weighted by atomic mass is 19.1. The number of aryl methyl sites for hydroxylation is 1. The number of nitrogens with zero attached hydrogens (tertiary/aromatic N) is 2. The highest BCUT2D eigenvalue weighted by Gasteiger charge is 2.11. The van der Waals surface area contributed by atoms with Crippen molar-refractivity contribution in [1.82, 2.24) is 9.97 Å². The second-order valence-corrected chi connectivity index (χ2v) is 4.06. The Morgan fingerprint density at radius 1 is 1.21 bits per heavy atom. The van der Waals surface area contributed by atoms with E-state index in [1.54, 1.807) is 18.2 Å². The van der Waals surface area contributed by atoms with Crippen LogP contribution in [-0.2, 0) is 6.42 Å². The van der Waals surface area contributed by atoms with Gasteiger partial charge in [-0.05, 0) is 19.1 Å². The maximum Gasteiger partial charge on any atom is 0.148 e. The van der Waals surface area contributed by atoms with Gasteiger partial charge < -0.3 is 10.7 Å². The molecular formula is C13H16FN5. The number of hydrogen-bond acceptors (Lipinski definition) is 5. The standard InChI is InChI=1S/C13H16FN5/c1-3-11-17-12(8(2)13(18-11)19-15)16-10-7-5-4-6-9(10)14/h4-7H,3,15H2,1-2H3,(H2,16,17,18,19). The molecule has 1 aromatic carbocycles. The highest BCUT2D eigenvalue weighted by Crippen LogP contribution is 2.24. The van der Waals surface area contributed by atoms with Gasteiger partial charge in [0.25, 0.3) is 0 Å². The third-order valence-electron chi connectivity index (χ3n) is 2.77. The van der Waals surface area contributed by atoms with Crippen molar-refractivity contribution in [3.8, 4) is 0 Å². The molecule has 100 valence electrons. The smallest absolute Gasteiger partial charge is 0.148 e. The van der Waals surface area contributed by atoms with Gasteiger partial charge in [-0.2, -0.15) is 0 Å². The van der Waals surface area contributed by atoms with Crippen molar-refractivity contribution in [2.24, 2.45) is 5.84 Å². The molecule has 0 amide bonds. The van der Waals surface area contributed by atoms with E-state index < -0.39 is 0 Å². The zero-order chi connectivity index (χ0) is 13.8. The van der Waals surface area contributed by atoms with Crippen molar-refractivity contribution in [2.75, 3.05) is 10.7 Å². The number of anilines is 3. The average molecular weight is 261 g/mol. The fourth-order valence-corrected chi connectivity index (χ4v) is 1.67. The lowest BCUT2D eigenvalue weighted by Crippen LogP contribution is -2.14. The van der Waals surface area contributed by atoms with Crippen LogP contribution in [0.1, 0.15) is 18.3 Å². The molecule has 0 atom stereocenters. The van der Waals surface area contributed by atoms with E-state index in [2.05, 4.69) is 20.7 Å². The summed E-state index contributed by atoms with van der Waals surface area (Å²) in [7, 11) is 0. The molecule has 5 nitrogen and oxygen atoms in total. The molecule has 0 aliphatic rings. The molecule has 6 heteroatoms. The molecule has 0 bridgehead atoms. The molecule has 1 aromatic heterocycles. The lowest BCUT2D eigenvalue weighted by Gasteiger charge is -2.13. The van der Waals surface area contributed by atoms with E-state index in [1.165, 1.54) is 6.07 Å². The van der Waals surface area contributed by atoms with Gasteiger partial charge in [-0.25, -0.2) is 20.2 Å². The second kappa shape index (κ2) is 5.62. The molecular weight excluding hydrogens is 245 g/mol. The van der Waals surface area contributed by atoms with Crippen LogP contribution in [0.3, 0.4) is 0 Å². The van der Waals surface area contributed by atoms with Crippen LogP contribution < -0.4 is 16.6 Å². The summed E-state index contributed by atoms with van der Waals surface area (Å²) in [5.41, 5.74) is 3.63.